The first kappa shape index (κ1) is 16.3. The summed E-state index contributed by atoms with van der Waals surface area (Å²) in [6.45, 7) is 0. The maximum atomic E-state index is 13.0. The smallest absolute Gasteiger partial charge is 0.193 e. The summed E-state index contributed by atoms with van der Waals surface area (Å²) in [7, 11) is 0. The van der Waals surface area contributed by atoms with Gasteiger partial charge in [0.05, 0.1) is 0 Å². The molecule has 0 N–H and O–H groups in total. The molecule has 26 heavy (non-hydrogen) atoms. The van der Waals surface area contributed by atoms with Crippen LogP contribution in [0.15, 0.2) is 97.1 Å². The fourth-order valence-corrected chi connectivity index (χ4v) is 3.34. The van der Waals surface area contributed by atoms with Crippen LogP contribution in [0.25, 0.3) is 10.8 Å². The highest BCUT2D eigenvalue weighted by atomic mass is 16.1. The zero-order valence-electron chi connectivity index (χ0n) is 14.6. The van der Waals surface area contributed by atoms with Gasteiger partial charge in [-0.15, -0.1) is 0 Å². The van der Waals surface area contributed by atoms with Crippen molar-refractivity contribution in [3.05, 3.63) is 119 Å². The van der Waals surface area contributed by atoms with Crippen molar-refractivity contribution in [2.24, 2.45) is 0 Å². The number of carbonyl (C=O) groups is 1. The third kappa shape index (κ3) is 3.43. The maximum Gasteiger partial charge on any atom is 0.193 e. The number of hydrogen-bond donors (Lipinski definition) is 0. The van der Waals surface area contributed by atoms with Crippen molar-refractivity contribution >= 4 is 16.6 Å². The number of hydrogen-bond acceptors (Lipinski definition) is 1. The molecule has 126 valence electrons. The van der Waals surface area contributed by atoms with E-state index in [9.17, 15) is 4.79 Å². The molecule has 1 heteroatoms. The van der Waals surface area contributed by atoms with Crippen molar-refractivity contribution < 1.29 is 4.79 Å². The van der Waals surface area contributed by atoms with Crippen molar-refractivity contribution in [1.82, 2.24) is 0 Å². The van der Waals surface area contributed by atoms with Crippen LogP contribution in [-0.2, 0) is 12.8 Å². The van der Waals surface area contributed by atoms with Crippen molar-refractivity contribution in [1.29, 1.82) is 0 Å². The minimum atomic E-state index is 0.0800. The molecule has 1 nitrogen and oxygen atoms in total. The minimum Gasteiger partial charge on any atom is -0.289 e. The van der Waals surface area contributed by atoms with E-state index in [0.29, 0.717) is 0 Å². The van der Waals surface area contributed by atoms with Crippen LogP contribution in [0.4, 0.5) is 0 Å². The molecule has 0 spiro atoms. The molecule has 0 aliphatic rings. The van der Waals surface area contributed by atoms with E-state index in [2.05, 4.69) is 36.4 Å². The van der Waals surface area contributed by atoms with Crippen LogP contribution < -0.4 is 0 Å². The lowest BCUT2D eigenvalue weighted by molar-refractivity contribution is 0.104. The first-order valence-corrected chi connectivity index (χ1v) is 8.96. The van der Waals surface area contributed by atoms with Gasteiger partial charge < -0.3 is 0 Å². The lowest BCUT2D eigenvalue weighted by atomic mass is 9.96. The maximum absolute atomic E-state index is 13.0. The Bertz CT molecular complexity index is 1030. The summed E-state index contributed by atoms with van der Waals surface area (Å²) < 4.78 is 0. The summed E-state index contributed by atoms with van der Waals surface area (Å²) in [5.74, 6) is 0.0800. The standard InChI is InChI=1S/C25H20O/c26-25(24-12-6-10-21-9-4-5-11-23(21)24)22-17-15-20(16-18-22)14-13-19-7-2-1-3-8-19/h1-12,15-18H,13-14H2. The van der Waals surface area contributed by atoms with Gasteiger partial charge in [-0.2, -0.15) is 0 Å². The largest absolute Gasteiger partial charge is 0.289 e. The Labute approximate surface area is 153 Å². The van der Waals surface area contributed by atoms with Gasteiger partial charge in [0, 0.05) is 11.1 Å². The van der Waals surface area contributed by atoms with Crippen molar-refractivity contribution in [3.8, 4) is 0 Å². The van der Waals surface area contributed by atoms with E-state index in [0.717, 1.165) is 34.7 Å². The molecule has 0 atom stereocenters. The van der Waals surface area contributed by atoms with Crippen LogP contribution in [0.1, 0.15) is 27.0 Å². The molecule has 0 aliphatic heterocycles. The molecule has 0 bridgehead atoms. The van der Waals surface area contributed by atoms with Gasteiger partial charge in [0.2, 0.25) is 0 Å². The van der Waals surface area contributed by atoms with Crippen LogP contribution in [0.2, 0.25) is 0 Å². The summed E-state index contributed by atoms with van der Waals surface area (Å²) in [4.78, 5) is 13.0. The third-order valence-corrected chi connectivity index (χ3v) is 4.80. The highest BCUT2D eigenvalue weighted by molar-refractivity contribution is 6.16. The highest BCUT2D eigenvalue weighted by Gasteiger charge is 2.12. The van der Waals surface area contributed by atoms with Gasteiger partial charge in [-0.1, -0.05) is 97.1 Å². The van der Waals surface area contributed by atoms with E-state index >= 15 is 0 Å². The van der Waals surface area contributed by atoms with Crippen LogP contribution in [0.3, 0.4) is 0 Å². The zero-order valence-corrected chi connectivity index (χ0v) is 14.6. The molecule has 4 aromatic carbocycles. The minimum absolute atomic E-state index is 0.0800. The van der Waals surface area contributed by atoms with Gasteiger partial charge >= 0.3 is 0 Å². The van der Waals surface area contributed by atoms with Gasteiger partial charge in [0.25, 0.3) is 0 Å². The number of benzene rings is 4. The molecule has 0 heterocycles. The number of ketones is 1. The molecule has 0 aromatic heterocycles. The SMILES string of the molecule is O=C(c1ccc(CCc2ccccc2)cc1)c1cccc2ccccc12. The van der Waals surface area contributed by atoms with Gasteiger partial charge in [0.1, 0.15) is 0 Å². The fraction of sp³-hybridized carbons (Fsp3) is 0.0800. The fourth-order valence-electron chi connectivity index (χ4n) is 3.34. The predicted octanol–water partition coefficient (Wildman–Crippen LogP) is 5.86. The molecule has 0 amide bonds. The molecule has 0 unspecified atom stereocenters. The monoisotopic (exact) mass is 336 g/mol. The second-order valence-electron chi connectivity index (χ2n) is 6.54. The van der Waals surface area contributed by atoms with Crippen molar-refractivity contribution in [2.45, 2.75) is 12.8 Å². The van der Waals surface area contributed by atoms with E-state index in [1.165, 1.54) is 11.1 Å². The summed E-state index contributed by atoms with van der Waals surface area (Å²) in [6, 6.07) is 32.4. The molecule has 0 fully saturated rings. The second-order valence-corrected chi connectivity index (χ2v) is 6.54. The van der Waals surface area contributed by atoms with Crippen LogP contribution in [0.5, 0.6) is 0 Å². The highest BCUT2D eigenvalue weighted by Crippen LogP contribution is 2.22. The quantitative estimate of drug-likeness (QED) is 0.417. The Hall–Kier alpha value is -3.19. The molecule has 0 saturated heterocycles. The Balaban J connectivity index is 1.53. The average molecular weight is 336 g/mol. The molecular formula is C25H20O. The van der Waals surface area contributed by atoms with Gasteiger partial charge in [0.15, 0.2) is 5.78 Å². The van der Waals surface area contributed by atoms with E-state index in [1.807, 2.05) is 60.7 Å². The topological polar surface area (TPSA) is 17.1 Å². The number of fused-ring (bicyclic) bond motifs is 1. The van der Waals surface area contributed by atoms with Crippen molar-refractivity contribution in [2.75, 3.05) is 0 Å². The molecule has 0 radical (unpaired) electrons. The van der Waals surface area contributed by atoms with E-state index in [4.69, 9.17) is 0 Å². The lowest BCUT2D eigenvalue weighted by Gasteiger charge is -2.07. The van der Waals surface area contributed by atoms with Gasteiger partial charge in [-0.05, 0) is 34.7 Å². The molecule has 4 aromatic rings. The van der Waals surface area contributed by atoms with Gasteiger partial charge in [-0.3, -0.25) is 4.79 Å². The Morgan fingerprint density at radius 2 is 1.19 bits per heavy atom. The summed E-state index contributed by atoms with van der Waals surface area (Å²) in [6.07, 6.45) is 1.99. The van der Waals surface area contributed by atoms with Crippen molar-refractivity contribution in [3.63, 3.8) is 0 Å². The number of aryl methyl sites for hydroxylation is 2. The van der Waals surface area contributed by atoms with Gasteiger partial charge in [-0.25, -0.2) is 0 Å². The summed E-state index contributed by atoms with van der Waals surface area (Å²) in [5.41, 5.74) is 4.09. The molecule has 0 saturated carbocycles. The molecule has 0 aliphatic carbocycles. The molecular weight excluding hydrogens is 316 g/mol. The Morgan fingerprint density at radius 1 is 0.577 bits per heavy atom. The van der Waals surface area contributed by atoms with E-state index in [-0.39, 0.29) is 5.78 Å². The normalized spacial score (nSPS) is 10.8. The predicted molar refractivity (Wildman–Crippen MR) is 108 cm³/mol. The summed E-state index contributed by atoms with van der Waals surface area (Å²) >= 11 is 0. The Morgan fingerprint density at radius 3 is 1.96 bits per heavy atom. The van der Waals surface area contributed by atoms with Crippen LogP contribution in [-0.4, -0.2) is 5.78 Å². The van der Waals surface area contributed by atoms with Crippen LogP contribution >= 0.6 is 0 Å². The first-order chi connectivity index (χ1) is 12.8. The first-order valence-electron chi connectivity index (χ1n) is 8.96. The third-order valence-electron chi connectivity index (χ3n) is 4.80. The Kier molecular flexibility index (Phi) is 4.61. The van der Waals surface area contributed by atoms with E-state index in [1.54, 1.807) is 0 Å². The lowest BCUT2D eigenvalue weighted by Crippen LogP contribution is -2.02. The second kappa shape index (κ2) is 7.37. The van der Waals surface area contributed by atoms with E-state index < -0.39 is 0 Å². The molecule has 4 rings (SSSR count). The number of carbonyl (C=O) groups excluding carboxylic acids is 1. The number of rotatable bonds is 5. The average Bonchev–Trinajstić information content (AvgIpc) is 2.72. The zero-order chi connectivity index (χ0) is 17.8. The van der Waals surface area contributed by atoms with Crippen LogP contribution in [0, 0.1) is 0 Å². The summed E-state index contributed by atoms with van der Waals surface area (Å²) in [5, 5.41) is 2.10.